The highest BCUT2D eigenvalue weighted by Crippen LogP contribution is 2.27. The summed E-state index contributed by atoms with van der Waals surface area (Å²) >= 11 is 3.26. The molecule has 0 fully saturated rings. The number of aryl methyl sites for hydroxylation is 1. The van der Waals surface area contributed by atoms with E-state index in [0.717, 1.165) is 6.07 Å². The molecular formula is C15H13BrNO4S-. The molecule has 0 saturated heterocycles. The molecule has 5 nitrogen and oxygen atoms in total. The van der Waals surface area contributed by atoms with Crippen molar-refractivity contribution < 1.29 is 18.3 Å². The van der Waals surface area contributed by atoms with Crippen molar-refractivity contribution in [2.75, 3.05) is 4.72 Å². The fourth-order valence-corrected chi connectivity index (χ4v) is 3.91. The van der Waals surface area contributed by atoms with Crippen LogP contribution in [0.2, 0.25) is 0 Å². The van der Waals surface area contributed by atoms with Crippen molar-refractivity contribution in [3.05, 3.63) is 57.6 Å². The average molecular weight is 383 g/mol. The number of nitrogens with one attached hydrogen (secondary N) is 1. The van der Waals surface area contributed by atoms with Gasteiger partial charge in [-0.15, -0.1) is 0 Å². The van der Waals surface area contributed by atoms with Gasteiger partial charge in [0.25, 0.3) is 10.0 Å². The Kier molecular flexibility index (Phi) is 4.58. The number of carboxylic acid groups (broad SMARTS) is 1. The Morgan fingerprint density at radius 3 is 2.41 bits per heavy atom. The third-order valence-corrected chi connectivity index (χ3v) is 5.45. The standard InChI is InChI=1S/C15H14BrNO4S/c1-9-7-11(15(18)19)8-14(10(9)2)22(20,21)17-13-6-4-3-5-12(13)16/h3-8,17H,1-2H3,(H,18,19)/p-1. The predicted octanol–water partition coefficient (Wildman–Crippen LogP) is 2.23. The SMILES string of the molecule is Cc1cc(C(=O)[O-])cc(S(=O)(=O)Nc2ccccc2Br)c1C. The van der Waals surface area contributed by atoms with Gasteiger partial charge in [0.05, 0.1) is 16.6 Å². The smallest absolute Gasteiger partial charge is 0.262 e. The molecule has 0 aromatic heterocycles. The maximum Gasteiger partial charge on any atom is 0.262 e. The fraction of sp³-hybridized carbons (Fsp3) is 0.133. The minimum absolute atomic E-state index is 0.0811. The van der Waals surface area contributed by atoms with E-state index in [2.05, 4.69) is 20.7 Å². The number of carboxylic acids is 1. The van der Waals surface area contributed by atoms with E-state index < -0.39 is 16.0 Å². The lowest BCUT2D eigenvalue weighted by atomic mass is 10.1. The minimum atomic E-state index is -3.92. The molecule has 0 bridgehead atoms. The number of anilines is 1. The highest BCUT2D eigenvalue weighted by molar-refractivity contribution is 9.10. The third-order valence-electron chi connectivity index (χ3n) is 3.26. The van der Waals surface area contributed by atoms with Gasteiger partial charge in [-0.2, -0.15) is 0 Å². The molecule has 2 aromatic carbocycles. The summed E-state index contributed by atoms with van der Waals surface area (Å²) in [4.78, 5) is 10.9. The number of para-hydroxylation sites is 1. The van der Waals surface area contributed by atoms with Crippen LogP contribution in [0, 0.1) is 13.8 Å². The lowest BCUT2D eigenvalue weighted by Crippen LogP contribution is -2.24. The number of halogens is 1. The van der Waals surface area contributed by atoms with E-state index in [1.54, 1.807) is 38.1 Å². The van der Waals surface area contributed by atoms with E-state index in [-0.39, 0.29) is 10.5 Å². The summed E-state index contributed by atoms with van der Waals surface area (Å²) in [6, 6.07) is 9.26. The van der Waals surface area contributed by atoms with Gasteiger partial charge in [0.1, 0.15) is 0 Å². The molecule has 0 atom stereocenters. The van der Waals surface area contributed by atoms with Gasteiger partial charge in [-0.05, 0) is 70.7 Å². The topological polar surface area (TPSA) is 86.3 Å². The second-order valence-corrected chi connectivity index (χ2v) is 7.29. The monoisotopic (exact) mass is 382 g/mol. The van der Waals surface area contributed by atoms with E-state index >= 15 is 0 Å². The number of sulfonamides is 1. The van der Waals surface area contributed by atoms with Crippen LogP contribution in [0.3, 0.4) is 0 Å². The average Bonchev–Trinajstić information content (AvgIpc) is 2.43. The van der Waals surface area contributed by atoms with Gasteiger partial charge in [0, 0.05) is 4.47 Å². The van der Waals surface area contributed by atoms with Gasteiger partial charge in [0.15, 0.2) is 0 Å². The van der Waals surface area contributed by atoms with Crippen LogP contribution in [0.4, 0.5) is 5.69 Å². The molecular weight excluding hydrogens is 370 g/mol. The molecule has 22 heavy (non-hydrogen) atoms. The van der Waals surface area contributed by atoms with Gasteiger partial charge in [-0.25, -0.2) is 8.42 Å². The van der Waals surface area contributed by atoms with Gasteiger partial charge in [0.2, 0.25) is 0 Å². The fourth-order valence-electron chi connectivity index (χ4n) is 1.97. The molecule has 2 aromatic rings. The first-order chi connectivity index (χ1) is 10.2. The number of benzene rings is 2. The number of hydrogen-bond donors (Lipinski definition) is 1. The van der Waals surface area contributed by atoms with Crippen molar-refractivity contribution in [3.63, 3.8) is 0 Å². The molecule has 0 aliphatic rings. The molecule has 0 heterocycles. The van der Waals surface area contributed by atoms with Crippen LogP contribution >= 0.6 is 15.9 Å². The Morgan fingerprint density at radius 2 is 1.82 bits per heavy atom. The Bertz CT molecular complexity index is 847. The van der Waals surface area contributed by atoms with Gasteiger partial charge >= 0.3 is 0 Å². The Morgan fingerprint density at radius 1 is 1.18 bits per heavy atom. The highest BCUT2D eigenvalue weighted by atomic mass is 79.9. The highest BCUT2D eigenvalue weighted by Gasteiger charge is 2.20. The third kappa shape index (κ3) is 3.31. The Labute approximate surface area is 137 Å². The van der Waals surface area contributed by atoms with E-state index in [4.69, 9.17) is 0 Å². The zero-order valence-corrected chi connectivity index (χ0v) is 14.3. The molecule has 116 valence electrons. The van der Waals surface area contributed by atoms with Crippen LogP contribution in [0.15, 0.2) is 45.8 Å². The summed E-state index contributed by atoms with van der Waals surface area (Å²) in [7, 11) is -3.92. The van der Waals surface area contributed by atoms with Gasteiger partial charge in [-0.1, -0.05) is 12.1 Å². The molecule has 0 aliphatic heterocycles. The minimum Gasteiger partial charge on any atom is -0.545 e. The van der Waals surface area contributed by atoms with Crippen LogP contribution in [0.1, 0.15) is 21.5 Å². The number of hydrogen-bond acceptors (Lipinski definition) is 4. The van der Waals surface area contributed by atoms with E-state index in [9.17, 15) is 18.3 Å². The summed E-state index contributed by atoms with van der Waals surface area (Å²) in [5, 5.41) is 11.0. The van der Waals surface area contributed by atoms with Crippen LogP contribution < -0.4 is 9.83 Å². The first-order valence-electron chi connectivity index (χ1n) is 6.32. The maximum absolute atomic E-state index is 12.6. The molecule has 0 saturated carbocycles. The molecule has 2 rings (SSSR count). The number of carbonyl (C=O) groups is 1. The molecule has 0 aliphatic carbocycles. The Balaban J connectivity index is 2.54. The first-order valence-corrected chi connectivity index (χ1v) is 8.60. The zero-order chi connectivity index (χ0) is 16.5. The second-order valence-electron chi connectivity index (χ2n) is 4.79. The van der Waals surface area contributed by atoms with Gasteiger partial charge < -0.3 is 9.90 Å². The Hall–Kier alpha value is -1.86. The van der Waals surface area contributed by atoms with E-state index in [0.29, 0.717) is 21.3 Å². The second kappa shape index (κ2) is 6.10. The quantitative estimate of drug-likeness (QED) is 0.877. The summed E-state index contributed by atoms with van der Waals surface area (Å²) in [6.45, 7) is 3.28. The first kappa shape index (κ1) is 16.5. The van der Waals surface area contributed by atoms with Crippen LogP contribution in [0.25, 0.3) is 0 Å². The number of aromatic carboxylic acids is 1. The maximum atomic E-state index is 12.6. The largest absolute Gasteiger partial charge is 0.545 e. The van der Waals surface area contributed by atoms with Crippen LogP contribution in [-0.2, 0) is 10.0 Å². The van der Waals surface area contributed by atoms with Crippen molar-refractivity contribution >= 4 is 37.6 Å². The normalized spacial score (nSPS) is 11.2. The predicted molar refractivity (Wildman–Crippen MR) is 85.2 cm³/mol. The number of rotatable bonds is 4. The summed E-state index contributed by atoms with van der Waals surface area (Å²) in [6.07, 6.45) is 0. The van der Waals surface area contributed by atoms with Gasteiger partial charge in [-0.3, -0.25) is 4.72 Å². The van der Waals surface area contributed by atoms with Crippen LogP contribution in [0.5, 0.6) is 0 Å². The molecule has 0 amide bonds. The van der Waals surface area contributed by atoms with Crippen molar-refractivity contribution in [3.8, 4) is 0 Å². The molecule has 7 heteroatoms. The zero-order valence-electron chi connectivity index (χ0n) is 11.9. The summed E-state index contributed by atoms with van der Waals surface area (Å²) in [5.74, 6) is -1.42. The van der Waals surface area contributed by atoms with E-state index in [1.807, 2.05) is 0 Å². The lowest BCUT2D eigenvalue weighted by Gasteiger charge is -2.15. The van der Waals surface area contributed by atoms with Crippen molar-refractivity contribution in [2.45, 2.75) is 18.7 Å². The van der Waals surface area contributed by atoms with Crippen molar-refractivity contribution in [2.24, 2.45) is 0 Å². The molecule has 0 unspecified atom stereocenters. The number of carbonyl (C=O) groups excluding carboxylic acids is 1. The summed E-state index contributed by atoms with van der Waals surface area (Å²) < 4.78 is 28.1. The van der Waals surface area contributed by atoms with E-state index in [1.165, 1.54) is 6.07 Å². The summed E-state index contributed by atoms with van der Waals surface area (Å²) in [5.41, 5.74) is 1.26. The molecule has 0 spiro atoms. The van der Waals surface area contributed by atoms with Crippen molar-refractivity contribution in [1.82, 2.24) is 0 Å². The lowest BCUT2D eigenvalue weighted by molar-refractivity contribution is -0.255. The molecule has 1 N–H and O–H groups in total. The van der Waals surface area contributed by atoms with Crippen molar-refractivity contribution in [1.29, 1.82) is 0 Å². The molecule has 0 radical (unpaired) electrons. The van der Waals surface area contributed by atoms with Crippen LogP contribution in [-0.4, -0.2) is 14.4 Å².